The zero-order valence-electron chi connectivity index (χ0n) is 15.9. The van der Waals surface area contributed by atoms with Crippen LogP contribution in [0.2, 0.25) is 12.1 Å². The summed E-state index contributed by atoms with van der Waals surface area (Å²) in [4.78, 5) is 0. The van der Waals surface area contributed by atoms with Crippen molar-refractivity contribution in [1.82, 2.24) is 5.32 Å². The van der Waals surface area contributed by atoms with Gasteiger partial charge in [-0.05, 0) is 25.4 Å². The van der Waals surface area contributed by atoms with E-state index in [-0.39, 0.29) is 0 Å². The third kappa shape index (κ3) is 14.8. The molecule has 0 aliphatic rings. The van der Waals surface area contributed by atoms with Crippen molar-refractivity contribution >= 4 is 29.7 Å². The molecule has 10 heteroatoms. The van der Waals surface area contributed by atoms with Crippen molar-refractivity contribution in [2.75, 3.05) is 61.1 Å². The summed E-state index contributed by atoms with van der Waals surface area (Å²) in [5.74, 6) is 0.616. The molecule has 0 fully saturated rings. The first-order valence-electron chi connectivity index (χ1n) is 8.27. The molecule has 0 aromatic rings. The van der Waals surface area contributed by atoms with Crippen LogP contribution in [0.5, 0.6) is 0 Å². The van der Waals surface area contributed by atoms with Crippen LogP contribution in [0.4, 0.5) is 0 Å². The average molecular weight is 405 g/mol. The Morgan fingerprint density at radius 3 is 1.92 bits per heavy atom. The van der Waals surface area contributed by atoms with Gasteiger partial charge in [-0.15, -0.1) is 11.6 Å². The minimum absolute atomic E-state index is 0.616. The molecule has 0 unspecified atom stereocenters. The SMILES string of the molecule is CO[SiH](CCCCNCCN)OC.CO[Si](CCCCl)(OC)OC. The Kier molecular flexibility index (Phi) is 22.0. The van der Waals surface area contributed by atoms with Gasteiger partial charge in [0.1, 0.15) is 0 Å². The fourth-order valence-electron chi connectivity index (χ4n) is 1.96. The molecular formula is C14H37ClN2O5Si2. The zero-order valence-corrected chi connectivity index (χ0v) is 18.8. The van der Waals surface area contributed by atoms with Gasteiger partial charge in [-0.3, -0.25) is 0 Å². The first-order chi connectivity index (χ1) is 11.6. The van der Waals surface area contributed by atoms with Gasteiger partial charge in [-0.2, -0.15) is 0 Å². The van der Waals surface area contributed by atoms with Gasteiger partial charge in [0.25, 0.3) is 0 Å². The van der Waals surface area contributed by atoms with E-state index in [0.717, 1.165) is 31.6 Å². The molecule has 0 spiro atoms. The third-order valence-corrected chi connectivity index (χ3v) is 8.47. The molecule has 0 rings (SSSR count). The second-order valence-electron chi connectivity index (χ2n) is 5.02. The lowest BCUT2D eigenvalue weighted by Gasteiger charge is -2.23. The number of unbranched alkanes of at least 4 members (excludes halogenated alkanes) is 1. The average Bonchev–Trinajstić information content (AvgIpc) is 2.63. The van der Waals surface area contributed by atoms with Crippen molar-refractivity contribution < 1.29 is 22.1 Å². The third-order valence-electron chi connectivity index (χ3n) is 3.44. The van der Waals surface area contributed by atoms with E-state index in [2.05, 4.69) is 5.32 Å². The van der Waals surface area contributed by atoms with E-state index in [9.17, 15) is 0 Å². The van der Waals surface area contributed by atoms with Crippen molar-refractivity contribution in [1.29, 1.82) is 0 Å². The highest BCUT2D eigenvalue weighted by molar-refractivity contribution is 6.60. The van der Waals surface area contributed by atoms with Gasteiger partial charge in [0.15, 0.2) is 0 Å². The Morgan fingerprint density at radius 1 is 0.917 bits per heavy atom. The molecule has 0 atom stereocenters. The number of rotatable bonds is 15. The highest BCUT2D eigenvalue weighted by Crippen LogP contribution is 2.14. The fourth-order valence-corrected chi connectivity index (χ4v) is 5.33. The van der Waals surface area contributed by atoms with E-state index in [4.69, 9.17) is 39.5 Å². The quantitative estimate of drug-likeness (QED) is 0.242. The summed E-state index contributed by atoms with van der Waals surface area (Å²) in [7, 11) is 4.65. The van der Waals surface area contributed by atoms with E-state index in [0.29, 0.717) is 12.4 Å². The zero-order chi connectivity index (χ0) is 18.7. The molecule has 148 valence electrons. The van der Waals surface area contributed by atoms with Crippen LogP contribution in [0, 0.1) is 0 Å². The molecule has 0 aliphatic heterocycles. The molecule has 0 saturated carbocycles. The molecular weight excluding hydrogens is 368 g/mol. The van der Waals surface area contributed by atoms with Crippen LogP contribution in [-0.2, 0) is 22.1 Å². The molecule has 7 nitrogen and oxygen atoms in total. The minimum Gasteiger partial charge on any atom is -0.400 e. The maximum absolute atomic E-state index is 5.53. The van der Waals surface area contributed by atoms with Crippen molar-refractivity contribution in [3.63, 3.8) is 0 Å². The first-order valence-corrected chi connectivity index (χ1v) is 12.5. The van der Waals surface area contributed by atoms with Gasteiger partial charge in [-0.25, -0.2) is 0 Å². The molecule has 0 amide bonds. The second-order valence-corrected chi connectivity index (χ2v) is 10.9. The van der Waals surface area contributed by atoms with Crippen LogP contribution in [0.15, 0.2) is 0 Å². The molecule has 0 aromatic carbocycles. The predicted molar refractivity (Wildman–Crippen MR) is 104 cm³/mol. The Labute approximate surface area is 155 Å². The largest absolute Gasteiger partial charge is 0.500 e. The Morgan fingerprint density at radius 2 is 1.50 bits per heavy atom. The highest BCUT2D eigenvalue weighted by Gasteiger charge is 2.36. The van der Waals surface area contributed by atoms with Crippen LogP contribution < -0.4 is 11.1 Å². The molecule has 24 heavy (non-hydrogen) atoms. The van der Waals surface area contributed by atoms with Gasteiger partial charge in [-0.1, -0.05) is 6.42 Å². The Balaban J connectivity index is 0. The Hall–Kier alpha value is 0.444. The molecule has 3 N–H and O–H groups in total. The maximum atomic E-state index is 5.53. The normalized spacial score (nSPS) is 11.5. The standard InChI is InChI=1S/C8H22N2O2Si.C6H15ClO3Si/c1-11-13(12-2)8-4-3-6-10-7-5-9;1-8-11(9-2,10-3)6-4-5-7/h10,13H,3-9H2,1-2H3;4-6H2,1-3H3. The van der Waals surface area contributed by atoms with Gasteiger partial charge in [0.05, 0.1) is 0 Å². The summed E-state index contributed by atoms with van der Waals surface area (Å²) in [5.41, 5.74) is 5.34. The predicted octanol–water partition coefficient (Wildman–Crippen LogP) is 1.32. The summed E-state index contributed by atoms with van der Waals surface area (Å²) >= 11 is 5.53. The van der Waals surface area contributed by atoms with Crippen molar-refractivity contribution in [2.24, 2.45) is 5.73 Å². The summed E-state index contributed by atoms with van der Waals surface area (Å²) < 4.78 is 25.9. The smallest absolute Gasteiger partial charge is 0.400 e. The number of alkyl halides is 1. The molecule has 0 saturated heterocycles. The van der Waals surface area contributed by atoms with E-state index < -0.39 is 18.1 Å². The summed E-state index contributed by atoms with van der Waals surface area (Å²) in [6.07, 6.45) is 3.22. The molecule has 0 bridgehead atoms. The van der Waals surface area contributed by atoms with Gasteiger partial charge >= 0.3 is 18.1 Å². The maximum Gasteiger partial charge on any atom is 0.500 e. The van der Waals surface area contributed by atoms with Crippen LogP contribution in [0.25, 0.3) is 0 Å². The van der Waals surface area contributed by atoms with Crippen LogP contribution >= 0.6 is 11.6 Å². The van der Waals surface area contributed by atoms with E-state index >= 15 is 0 Å². The van der Waals surface area contributed by atoms with Gasteiger partial charge in [0, 0.05) is 60.6 Å². The van der Waals surface area contributed by atoms with Crippen LogP contribution in [-0.4, -0.2) is 79.2 Å². The lowest BCUT2D eigenvalue weighted by Crippen LogP contribution is -2.42. The number of hydrogen-bond donors (Lipinski definition) is 2. The number of nitrogens with one attached hydrogen (secondary N) is 1. The number of halogens is 1. The number of nitrogens with two attached hydrogens (primary N) is 1. The molecule has 0 aliphatic carbocycles. The molecule has 0 aromatic heterocycles. The summed E-state index contributed by atoms with van der Waals surface area (Å²) in [6, 6.07) is 1.87. The number of hydrogen-bond acceptors (Lipinski definition) is 7. The van der Waals surface area contributed by atoms with Crippen molar-refractivity contribution in [3.8, 4) is 0 Å². The lowest BCUT2D eigenvalue weighted by molar-refractivity contribution is 0.123. The van der Waals surface area contributed by atoms with Crippen molar-refractivity contribution in [3.05, 3.63) is 0 Å². The fraction of sp³-hybridized carbons (Fsp3) is 1.00. The second kappa shape index (κ2) is 19.8. The van der Waals surface area contributed by atoms with E-state index in [1.165, 1.54) is 12.8 Å². The molecule has 0 radical (unpaired) electrons. The monoisotopic (exact) mass is 404 g/mol. The topological polar surface area (TPSA) is 84.2 Å². The van der Waals surface area contributed by atoms with E-state index in [1.54, 1.807) is 35.5 Å². The van der Waals surface area contributed by atoms with Gasteiger partial charge < -0.3 is 33.2 Å². The van der Waals surface area contributed by atoms with Crippen LogP contribution in [0.1, 0.15) is 19.3 Å². The summed E-state index contributed by atoms with van der Waals surface area (Å²) in [6.45, 7) is 2.68. The highest BCUT2D eigenvalue weighted by atomic mass is 35.5. The van der Waals surface area contributed by atoms with Crippen LogP contribution in [0.3, 0.4) is 0 Å². The first kappa shape index (κ1) is 26.7. The lowest BCUT2D eigenvalue weighted by atomic mass is 10.3. The van der Waals surface area contributed by atoms with E-state index in [1.807, 2.05) is 0 Å². The minimum atomic E-state index is -2.32. The van der Waals surface area contributed by atoms with Gasteiger partial charge in [0.2, 0.25) is 0 Å². The van der Waals surface area contributed by atoms with Crippen molar-refractivity contribution in [2.45, 2.75) is 31.4 Å². The Bertz CT molecular complexity index is 243. The summed E-state index contributed by atoms with van der Waals surface area (Å²) in [5, 5.41) is 3.25. The molecule has 0 heterocycles.